The summed E-state index contributed by atoms with van der Waals surface area (Å²) >= 11 is 0. The molecule has 0 aliphatic heterocycles. The monoisotopic (exact) mass is 318 g/mol. The molecule has 0 bridgehead atoms. The summed E-state index contributed by atoms with van der Waals surface area (Å²) in [5.41, 5.74) is 3.50. The molecule has 2 nitrogen and oxygen atoms in total. The van der Waals surface area contributed by atoms with Gasteiger partial charge in [-0.1, -0.05) is 67.8 Å². The van der Waals surface area contributed by atoms with Crippen LogP contribution in [0.4, 0.5) is 5.82 Å². The molecular weight excluding hydrogens is 292 g/mol. The van der Waals surface area contributed by atoms with Crippen molar-refractivity contribution in [3.63, 3.8) is 0 Å². The maximum atomic E-state index is 4.57. The van der Waals surface area contributed by atoms with Crippen LogP contribution in [0.1, 0.15) is 43.2 Å². The Morgan fingerprint density at radius 1 is 1.08 bits per heavy atom. The Hall–Kier alpha value is -2.35. The number of allylic oxidation sites excluding steroid dienone is 1. The van der Waals surface area contributed by atoms with Crippen molar-refractivity contribution >= 4 is 11.9 Å². The minimum atomic E-state index is 0.504. The topological polar surface area (TPSA) is 16.1 Å². The average Bonchev–Trinajstić information content (AvgIpc) is 2.63. The van der Waals surface area contributed by atoms with Crippen molar-refractivity contribution in [1.29, 1.82) is 0 Å². The third-order valence-electron chi connectivity index (χ3n) is 4.69. The zero-order valence-electron chi connectivity index (χ0n) is 14.5. The summed E-state index contributed by atoms with van der Waals surface area (Å²) in [5.74, 6) is 1.00. The third-order valence-corrected chi connectivity index (χ3v) is 4.69. The van der Waals surface area contributed by atoms with Gasteiger partial charge in [-0.25, -0.2) is 4.98 Å². The van der Waals surface area contributed by atoms with Crippen molar-refractivity contribution in [2.24, 2.45) is 0 Å². The third kappa shape index (κ3) is 4.14. The Balaban J connectivity index is 1.81. The van der Waals surface area contributed by atoms with E-state index in [0.29, 0.717) is 6.04 Å². The minimum Gasteiger partial charge on any atom is -0.324 e. The van der Waals surface area contributed by atoms with Gasteiger partial charge in [0.1, 0.15) is 5.82 Å². The van der Waals surface area contributed by atoms with E-state index in [1.165, 1.54) is 43.2 Å². The summed E-state index contributed by atoms with van der Waals surface area (Å²) in [5, 5.41) is 0. The molecule has 1 aliphatic carbocycles. The zero-order chi connectivity index (χ0) is 16.8. The van der Waals surface area contributed by atoms with E-state index in [-0.39, 0.29) is 0 Å². The van der Waals surface area contributed by atoms with Crippen molar-refractivity contribution in [2.45, 2.75) is 45.1 Å². The van der Waals surface area contributed by atoms with Gasteiger partial charge in [0.05, 0.1) is 0 Å². The molecule has 0 spiro atoms. The average molecular weight is 318 g/mol. The highest BCUT2D eigenvalue weighted by Gasteiger charge is 2.23. The van der Waals surface area contributed by atoms with E-state index < -0.39 is 0 Å². The van der Waals surface area contributed by atoms with Crippen LogP contribution in [0.2, 0.25) is 0 Å². The second-order valence-corrected chi connectivity index (χ2v) is 6.59. The van der Waals surface area contributed by atoms with E-state index in [1.54, 1.807) is 0 Å². The fourth-order valence-corrected chi connectivity index (χ4v) is 3.35. The normalized spacial score (nSPS) is 15.5. The fourth-order valence-electron chi connectivity index (χ4n) is 3.35. The highest BCUT2D eigenvalue weighted by Crippen LogP contribution is 2.29. The largest absolute Gasteiger partial charge is 0.324 e. The second kappa shape index (κ2) is 7.96. The molecule has 1 aliphatic rings. The SMILES string of the molecule is C=C(/C=C/c1ccc(C)cc1)N(c1ccccn1)C1CCCCC1. The number of anilines is 1. The Morgan fingerprint density at radius 2 is 1.83 bits per heavy atom. The predicted molar refractivity (Wildman–Crippen MR) is 103 cm³/mol. The molecule has 124 valence electrons. The quantitative estimate of drug-likeness (QED) is 0.652. The first kappa shape index (κ1) is 16.5. The fraction of sp³-hybridized carbons (Fsp3) is 0.318. The first-order chi connectivity index (χ1) is 11.7. The number of rotatable bonds is 5. The maximum absolute atomic E-state index is 4.57. The molecule has 1 aromatic carbocycles. The number of aromatic nitrogens is 1. The number of nitrogens with zero attached hydrogens (tertiary/aromatic N) is 2. The molecule has 24 heavy (non-hydrogen) atoms. The van der Waals surface area contributed by atoms with Crippen LogP contribution in [0.25, 0.3) is 6.08 Å². The summed E-state index contributed by atoms with van der Waals surface area (Å²) in [6.07, 6.45) is 12.5. The van der Waals surface area contributed by atoms with Crippen LogP contribution in [0.15, 0.2) is 67.0 Å². The molecule has 0 saturated heterocycles. The lowest BCUT2D eigenvalue weighted by Gasteiger charge is -2.35. The van der Waals surface area contributed by atoms with Gasteiger partial charge < -0.3 is 4.90 Å². The van der Waals surface area contributed by atoms with Crippen LogP contribution in [-0.2, 0) is 0 Å². The number of hydrogen-bond donors (Lipinski definition) is 0. The lowest BCUT2D eigenvalue weighted by Crippen LogP contribution is -2.36. The molecule has 1 fully saturated rings. The van der Waals surface area contributed by atoms with Crippen molar-refractivity contribution in [3.8, 4) is 0 Å². The van der Waals surface area contributed by atoms with E-state index in [1.807, 2.05) is 12.3 Å². The first-order valence-electron chi connectivity index (χ1n) is 8.88. The maximum Gasteiger partial charge on any atom is 0.133 e. The van der Waals surface area contributed by atoms with Crippen molar-refractivity contribution in [2.75, 3.05) is 4.90 Å². The molecule has 2 heteroatoms. The molecule has 0 N–H and O–H groups in total. The highest BCUT2D eigenvalue weighted by molar-refractivity contribution is 5.58. The first-order valence-corrected chi connectivity index (χ1v) is 8.88. The van der Waals surface area contributed by atoms with Gasteiger partial charge in [-0.05, 0) is 43.5 Å². The number of pyridine rings is 1. The summed E-state index contributed by atoms with van der Waals surface area (Å²) in [6.45, 7) is 6.45. The predicted octanol–water partition coefficient (Wildman–Crippen LogP) is 5.76. The Labute approximate surface area is 145 Å². The van der Waals surface area contributed by atoms with Gasteiger partial charge in [0.15, 0.2) is 0 Å². The van der Waals surface area contributed by atoms with Crippen LogP contribution in [0.5, 0.6) is 0 Å². The van der Waals surface area contributed by atoms with E-state index >= 15 is 0 Å². The van der Waals surface area contributed by atoms with Gasteiger partial charge in [-0.2, -0.15) is 0 Å². The van der Waals surface area contributed by atoms with Crippen molar-refractivity contribution in [3.05, 3.63) is 78.1 Å². The molecule has 0 radical (unpaired) electrons. The number of benzene rings is 1. The molecule has 2 aromatic rings. The van der Waals surface area contributed by atoms with Crippen LogP contribution < -0.4 is 4.90 Å². The molecule has 3 rings (SSSR count). The Bertz CT molecular complexity index is 680. The van der Waals surface area contributed by atoms with Gasteiger partial charge >= 0.3 is 0 Å². The summed E-state index contributed by atoms with van der Waals surface area (Å²) in [7, 11) is 0. The van der Waals surface area contributed by atoms with Gasteiger partial charge in [-0.3, -0.25) is 0 Å². The smallest absolute Gasteiger partial charge is 0.133 e. The molecule has 1 aromatic heterocycles. The van der Waals surface area contributed by atoms with Crippen LogP contribution in [-0.4, -0.2) is 11.0 Å². The van der Waals surface area contributed by atoms with Gasteiger partial charge in [0.2, 0.25) is 0 Å². The second-order valence-electron chi connectivity index (χ2n) is 6.59. The van der Waals surface area contributed by atoms with E-state index in [0.717, 1.165) is 11.5 Å². The molecule has 0 atom stereocenters. The molecule has 1 saturated carbocycles. The standard InChI is InChI=1S/C22H26N2/c1-18-11-14-20(15-12-18)16-13-19(2)24(21-8-4-3-5-9-21)22-10-6-7-17-23-22/h6-7,10-17,21H,2-5,8-9H2,1H3/b16-13+. The molecule has 0 unspecified atom stereocenters. The highest BCUT2D eigenvalue weighted by atomic mass is 15.2. The summed E-state index contributed by atoms with van der Waals surface area (Å²) in [6, 6.07) is 15.2. The van der Waals surface area contributed by atoms with Crippen molar-refractivity contribution < 1.29 is 0 Å². The van der Waals surface area contributed by atoms with Crippen LogP contribution in [0, 0.1) is 6.92 Å². The van der Waals surface area contributed by atoms with E-state index in [2.05, 4.69) is 71.9 Å². The molecule has 1 heterocycles. The van der Waals surface area contributed by atoms with Gasteiger partial charge in [0, 0.05) is 17.9 Å². The Kier molecular flexibility index (Phi) is 5.47. The molecular formula is C22H26N2. The minimum absolute atomic E-state index is 0.504. The van der Waals surface area contributed by atoms with E-state index in [9.17, 15) is 0 Å². The number of aryl methyl sites for hydroxylation is 1. The Morgan fingerprint density at radius 3 is 2.50 bits per heavy atom. The summed E-state index contributed by atoms with van der Waals surface area (Å²) < 4.78 is 0. The lowest BCUT2D eigenvalue weighted by molar-refractivity contribution is 0.429. The van der Waals surface area contributed by atoms with Gasteiger partial charge in [0.25, 0.3) is 0 Å². The lowest BCUT2D eigenvalue weighted by atomic mass is 9.93. The van der Waals surface area contributed by atoms with Crippen LogP contribution >= 0.6 is 0 Å². The number of hydrogen-bond acceptors (Lipinski definition) is 2. The van der Waals surface area contributed by atoms with Crippen LogP contribution in [0.3, 0.4) is 0 Å². The summed E-state index contributed by atoms with van der Waals surface area (Å²) in [4.78, 5) is 6.90. The molecule has 0 amide bonds. The van der Waals surface area contributed by atoms with Crippen molar-refractivity contribution in [1.82, 2.24) is 4.98 Å². The van der Waals surface area contributed by atoms with E-state index in [4.69, 9.17) is 0 Å². The van der Waals surface area contributed by atoms with Gasteiger partial charge in [-0.15, -0.1) is 0 Å². The zero-order valence-corrected chi connectivity index (χ0v) is 14.5.